The number of rotatable bonds is 9. The second-order valence-corrected chi connectivity index (χ2v) is 13.7. The van der Waals surface area contributed by atoms with Gasteiger partial charge in [-0.25, -0.2) is 13.6 Å². The van der Waals surface area contributed by atoms with E-state index in [9.17, 15) is 9.59 Å². The van der Waals surface area contributed by atoms with E-state index in [0.29, 0.717) is 37.8 Å². The summed E-state index contributed by atoms with van der Waals surface area (Å²) in [6, 6.07) is 12.8. The number of benzene rings is 3. The van der Waals surface area contributed by atoms with Gasteiger partial charge < -0.3 is 28.6 Å². The highest BCUT2D eigenvalue weighted by atomic mass is 35.5. The average molecular weight is 684 g/mol. The fourth-order valence-electron chi connectivity index (χ4n) is 6.92. The van der Waals surface area contributed by atoms with E-state index in [-0.39, 0.29) is 59.1 Å². The van der Waals surface area contributed by atoms with Gasteiger partial charge in [0.05, 0.1) is 17.7 Å². The quantitative estimate of drug-likeness (QED) is 0.166. The highest BCUT2D eigenvalue weighted by Crippen LogP contribution is 2.53. The van der Waals surface area contributed by atoms with Crippen LogP contribution in [-0.4, -0.2) is 61.6 Å². The van der Waals surface area contributed by atoms with Gasteiger partial charge in [0.2, 0.25) is 0 Å². The molecular formula is C37H40ClF2NO7. The molecule has 3 aliphatic rings. The summed E-state index contributed by atoms with van der Waals surface area (Å²) >= 11 is 6.66. The first-order valence-corrected chi connectivity index (χ1v) is 16.8. The lowest BCUT2D eigenvalue weighted by Gasteiger charge is -2.40. The maximum atomic E-state index is 16.5. The number of amides is 1. The number of nitrogens with zero attached hydrogens (tertiary/aromatic N) is 1. The molecule has 3 atom stereocenters. The molecule has 0 bridgehead atoms. The number of hydrogen-bond acceptors (Lipinski definition) is 7. The zero-order valence-corrected chi connectivity index (χ0v) is 28.1. The molecule has 3 aromatic rings. The Bertz CT molecular complexity index is 1660. The number of aldehydes is 1. The van der Waals surface area contributed by atoms with Crippen LogP contribution >= 0.6 is 11.6 Å². The van der Waals surface area contributed by atoms with Gasteiger partial charge >= 0.3 is 6.09 Å². The molecule has 3 heterocycles. The third kappa shape index (κ3) is 6.75. The minimum atomic E-state index is -1.19. The lowest BCUT2D eigenvalue weighted by atomic mass is 9.79. The number of likely N-dealkylation sites (tertiary alicyclic amines) is 1. The molecule has 2 saturated heterocycles. The molecule has 0 aliphatic carbocycles. The van der Waals surface area contributed by atoms with Crippen molar-refractivity contribution in [1.82, 2.24) is 4.90 Å². The molecule has 256 valence electrons. The second-order valence-electron chi connectivity index (χ2n) is 13.4. The van der Waals surface area contributed by atoms with Crippen molar-refractivity contribution in [2.75, 3.05) is 26.4 Å². The van der Waals surface area contributed by atoms with Crippen LogP contribution in [0.15, 0.2) is 48.5 Å². The van der Waals surface area contributed by atoms with Crippen LogP contribution < -0.4 is 9.47 Å². The van der Waals surface area contributed by atoms with Crippen LogP contribution in [0.1, 0.15) is 74.4 Å². The lowest BCUT2D eigenvalue weighted by molar-refractivity contribution is -0.165. The summed E-state index contributed by atoms with van der Waals surface area (Å²) < 4.78 is 61.7. The molecule has 0 saturated carbocycles. The fraction of sp³-hybridized carbons (Fsp3) is 0.459. The third-order valence-electron chi connectivity index (χ3n) is 9.00. The maximum absolute atomic E-state index is 16.5. The molecule has 6 rings (SSSR count). The largest absolute Gasteiger partial charge is 0.488 e. The Balaban J connectivity index is 1.39. The number of ether oxygens (including phenoxy) is 5. The Kier molecular flexibility index (Phi) is 9.97. The van der Waals surface area contributed by atoms with Crippen molar-refractivity contribution in [1.29, 1.82) is 0 Å². The minimum absolute atomic E-state index is 0.00296. The predicted molar refractivity (Wildman–Crippen MR) is 176 cm³/mol. The van der Waals surface area contributed by atoms with Gasteiger partial charge in [0, 0.05) is 47.9 Å². The number of carbonyl (C=O) groups excluding carboxylic acids is 2. The normalized spacial score (nSPS) is 22.2. The number of carbonyl (C=O) groups is 2. The van der Waals surface area contributed by atoms with Crippen LogP contribution in [0.25, 0.3) is 11.1 Å². The Labute approximate surface area is 284 Å². The van der Waals surface area contributed by atoms with E-state index in [1.54, 1.807) is 25.7 Å². The van der Waals surface area contributed by atoms with Crippen LogP contribution in [-0.2, 0) is 26.2 Å². The SMILES string of the molecule is CC(C)(C)OC(=O)N1CCC[C@H]1[C@@]1(c2ccccc2)Cc2c(cc(F)c(Cl)c2-c2c(C=O)ccc(OCCOC3CCCCO3)c2F)O1. The summed E-state index contributed by atoms with van der Waals surface area (Å²) in [5.74, 6) is -1.70. The average Bonchev–Trinajstić information content (AvgIpc) is 3.71. The van der Waals surface area contributed by atoms with E-state index < -0.39 is 35.0 Å². The molecule has 11 heteroatoms. The monoisotopic (exact) mass is 683 g/mol. The Morgan fingerprint density at radius 3 is 2.56 bits per heavy atom. The van der Waals surface area contributed by atoms with Gasteiger partial charge in [-0.2, -0.15) is 0 Å². The van der Waals surface area contributed by atoms with Gasteiger partial charge in [0.1, 0.15) is 23.8 Å². The maximum Gasteiger partial charge on any atom is 0.410 e. The molecule has 1 amide bonds. The van der Waals surface area contributed by atoms with Gasteiger partial charge in [-0.05, 0) is 70.6 Å². The number of fused-ring (bicyclic) bond motifs is 1. The van der Waals surface area contributed by atoms with Crippen molar-refractivity contribution in [3.05, 3.63) is 81.9 Å². The van der Waals surface area contributed by atoms with E-state index in [0.717, 1.165) is 24.8 Å². The molecule has 0 aromatic heterocycles. The van der Waals surface area contributed by atoms with Crippen molar-refractivity contribution >= 4 is 24.0 Å². The van der Waals surface area contributed by atoms with E-state index in [2.05, 4.69) is 0 Å². The van der Waals surface area contributed by atoms with E-state index in [1.165, 1.54) is 18.2 Å². The van der Waals surface area contributed by atoms with Crippen LogP contribution in [0, 0.1) is 11.6 Å². The first kappa shape index (κ1) is 34.1. The molecule has 0 spiro atoms. The molecule has 3 aliphatic heterocycles. The van der Waals surface area contributed by atoms with Crippen molar-refractivity contribution in [3.63, 3.8) is 0 Å². The van der Waals surface area contributed by atoms with Crippen LogP contribution in [0.2, 0.25) is 5.02 Å². The topological polar surface area (TPSA) is 83.5 Å². The van der Waals surface area contributed by atoms with Gasteiger partial charge in [-0.1, -0.05) is 41.9 Å². The first-order valence-electron chi connectivity index (χ1n) is 16.4. The van der Waals surface area contributed by atoms with Crippen molar-refractivity contribution in [2.45, 2.75) is 82.8 Å². The van der Waals surface area contributed by atoms with E-state index >= 15 is 8.78 Å². The minimum Gasteiger partial charge on any atom is -0.488 e. The highest BCUT2D eigenvalue weighted by Gasteiger charge is 2.54. The summed E-state index contributed by atoms with van der Waals surface area (Å²) in [6.07, 6.45) is 3.85. The summed E-state index contributed by atoms with van der Waals surface area (Å²) in [6.45, 7) is 6.66. The van der Waals surface area contributed by atoms with Crippen molar-refractivity contribution < 1.29 is 42.1 Å². The van der Waals surface area contributed by atoms with Crippen LogP contribution in [0.4, 0.5) is 13.6 Å². The fourth-order valence-corrected chi connectivity index (χ4v) is 7.19. The predicted octanol–water partition coefficient (Wildman–Crippen LogP) is 8.25. The highest BCUT2D eigenvalue weighted by molar-refractivity contribution is 6.34. The molecule has 8 nitrogen and oxygen atoms in total. The second kappa shape index (κ2) is 14.0. The molecule has 0 N–H and O–H groups in total. The number of halogens is 3. The summed E-state index contributed by atoms with van der Waals surface area (Å²) in [5.41, 5.74) is -0.968. The smallest absolute Gasteiger partial charge is 0.410 e. The molecule has 48 heavy (non-hydrogen) atoms. The zero-order valence-electron chi connectivity index (χ0n) is 27.4. The third-order valence-corrected chi connectivity index (χ3v) is 9.37. The Hall–Kier alpha value is -3.73. The van der Waals surface area contributed by atoms with Gasteiger partial charge in [0.25, 0.3) is 0 Å². The summed E-state index contributed by atoms with van der Waals surface area (Å²) in [5, 5.41) is -0.353. The molecule has 1 unspecified atom stereocenters. The van der Waals surface area contributed by atoms with E-state index in [4.69, 9.17) is 35.3 Å². The standard InChI is InChI=1S/C37H40ClF2NO7/c1-36(2,3)48-35(43)41-16-9-12-29(41)37(24-10-5-4-6-11-24)21-25-28(47-37)20-26(39)33(38)32(25)31-23(22-42)14-15-27(34(31)40)44-18-19-46-30-13-7-8-17-45-30/h4-6,10-11,14-15,20,22,29-30H,7-9,12-13,16-19,21H2,1-3H3/t29-,30?,37-/m0/s1. The molecule has 0 radical (unpaired) electrons. The van der Waals surface area contributed by atoms with Crippen LogP contribution in [0.3, 0.4) is 0 Å². The first-order chi connectivity index (χ1) is 23.0. The number of hydrogen-bond donors (Lipinski definition) is 0. The Morgan fingerprint density at radius 2 is 1.85 bits per heavy atom. The van der Waals surface area contributed by atoms with Crippen molar-refractivity contribution in [3.8, 4) is 22.6 Å². The van der Waals surface area contributed by atoms with Gasteiger partial charge in [-0.3, -0.25) is 4.79 Å². The van der Waals surface area contributed by atoms with E-state index in [1.807, 2.05) is 30.3 Å². The van der Waals surface area contributed by atoms with Gasteiger partial charge in [-0.15, -0.1) is 0 Å². The Morgan fingerprint density at radius 1 is 1.06 bits per heavy atom. The van der Waals surface area contributed by atoms with Crippen molar-refractivity contribution in [2.24, 2.45) is 0 Å². The molecule has 3 aromatic carbocycles. The lowest BCUT2D eigenvalue weighted by Crippen LogP contribution is -2.53. The van der Waals surface area contributed by atoms with Gasteiger partial charge in [0.15, 0.2) is 29.7 Å². The molecular weight excluding hydrogens is 644 g/mol. The summed E-state index contributed by atoms with van der Waals surface area (Å²) in [4.78, 5) is 27.5. The summed E-state index contributed by atoms with van der Waals surface area (Å²) in [7, 11) is 0. The zero-order chi connectivity index (χ0) is 34.1. The van der Waals surface area contributed by atoms with Crippen LogP contribution in [0.5, 0.6) is 11.5 Å². The molecule has 2 fully saturated rings.